The first kappa shape index (κ1) is 18.1. The fourth-order valence-electron chi connectivity index (χ4n) is 5.50. The Hall–Kier alpha value is -3.72. The zero-order valence-corrected chi connectivity index (χ0v) is 17.5. The summed E-state index contributed by atoms with van der Waals surface area (Å²) >= 11 is 0. The first-order chi connectivity index (χ1) is 14.8. The standard InChI is InChI=1S/C28H20O3/c1-14-12-19-24(25-22(14)26(30)17-10-6-7-11-18(17)27(25)31)23-16-9-5-4-8-15(16)21(29)13-20(23)28(19,2)3/h4-13,29H,1-3H3. The number of carbonyl (C=O) groups is 2. The Bertz CT molecular complexity index is 1500. The van der Waals surface area contributed by atoms with E-state index < -0.39 is 5.41 Å². The first-order valence-electron chi connectivity index (χ1n) is 10.4. The lowest BCUT2D eigenvalue weighted by atomic mass is 9.76. The highest BCUT2D eigenvalue weighted by atomic mass is 16.3. The lowest BCUT2D eigenvalue weighted by molar-refractivity contribution is 0.0979. The van der Waals surface area contributed by atoms with Gasteiger partial charge in [-0.15, -0.1) is 0 Å². The molecule has 0 aromatic heterocycles. The van der Waals surface area contributed by atoms with Gasteiger partial charge in [-0.3, -0.25) is 9.59 Å². The number of hydrogen-bond acceptors (Lipinski definition) is 3. The lowest BCUT2D eigenvalue weighted by Crippen LogP contribution is -2.24. The van der Waals surface area contributed by atoms with Gasteiger partial charge in [-0.05, 0) is 46.2 Å². The van der Waals surface area contributed by atoms with Gasteiger partial charge in [-0.2, -0.15) is 0 Å². The third-order valence-corrected chi connectivity index (χ3v) is 7.01. The van der Waals surface area contributed by atoms with Crippen LogP contribution < -0.4 is 0 Å². The van der Waals surface area contributed by atoms with E-state index >= 15 is 0 Å². The zero-order chi connectivity index (χ0) is 21.7. The Morgan fingerprint density at radius 3 is 1.90 bits per heavy atom. The summed E-state index contributed by atoms with van der Waals surface area (Å²) in [5, 5.41) is 12.4. The highest BCUT2D eigenvalue weighted by molar-refractivity contribution is 6.32. The summed E-state index contributed by atoms with van der Waals surface area (Å²) in [7, 11) is 0. The van der Waals surface area contributed by atoms with E-state index in [-0.39, 0.29) is 17.3 Å². The number of phenols is 1. The molecular weight excluding hydrogens is 384 g/mol. The van der Waals surface area contributed by atoms with E-state index in [1.165, 1.54) is 0 Å². The highest BCUT2D eigenvalue weighted by Gasteiger charge is 2.43. The second kappa shape index (κ2) is 5.70. The van der Waals surface area contributed by atoms with E-state index in [1.807, 2.05) is 37.3 Å². The first-order valence-corrected chi connectivity index (χ1v) is 10.4. The predicted molar refractivity (Wildman–Crippen MR) is 121 cm³/mol. The molecule has 0 aliphatic heterocycles. The van der Waals surface area contributed by atoms with Crippen LogP contribution in [-0.2, 0) is 5.41 Å². The fraction of sp³-hybridized carbons (Fsp3) is 0.143. The predicted octanol–water partition coefficient (Wildman–Crippen LogP) is 5.94. The molecule has 2 aliphatic carbocycles. The van der Waals surface area contributed by atoms with Gasteiger partial charge in [0.05, 0.1) is 0 Å². The van der Waals surface area contributed by atoms with Crippen molar-refractivity contribution in [3.8, 4) is 16.9 Å². The van der Waals surface area contributed by atoms with Gasteiger partial charge in [-0.1, -0.05) is 68.4 Å². The van der Waals surface area contributed by atoms with Gasteiger partial charge in [0.2, 0.25) is 0 Å². The van der Waals surface area contributed by atoms with Crippen molar-refractivity contribution in [3.05, 3.63) is 99.6 Å². The Balaban J connectivity index is 1.83. The molecule has 3 heteroatoms. The van der Waals surface area contributed by atoms with Crippen LogP contribution in [0.5, 0.6) is 5.75 Å². The third kappa shape index (κ3) is 2.08. The Labute approximate surface area is 180 Å². The summed E-state index contributed by atoms with van der Waals surface area (Å²) in [4.78, 5) is 27.3. The third-order valence-electron chi connectivity index (χ3n) is 7.01. The maximum Gasteiger partial charge on any atom is 0.195 e. The average molecular weight is 404 g/mol. The van der Waals surface area contributed by atoms with Crippen molar-refractivity contribution in [1.29, 1.82) is 0 Å². The van der Waals surface area contributed by atoms with Crippen LogP contribution in [0.15, 0.2) is 60.7 Å². The monoisotopic (exact) mass is 404 g/mol. The van der Waals surface area contributed by atoms with Crippen LogP contribution in [0, 0.1) is 6.92 Å². The molecule has 2 aliphatic rings. The second-order valence-corrected chi connectivity index (χ2v) is 9.06. The van der Waals surface area contributed by atoms with E-state index in [1.54, 1.807) is 24.3 Å². The summed E-state index contributed by atoms with van der Waals surface area (Å²) < 4.78 is 0. The maximum atomic E-state index is 13.8. The number of carbonyl (C=O) groups excluding carboxylic acids is 2. The number of aromatic hydroxyl groups is 1. The summed E-state index contributed by atoms with van der Waals surface area (Å²) in [5.41, 5.74) is 6.13. The lowest BCUT2D eigenvalue weighted by Gasteiger charge is -2.25. The van der Waals surface area contributed by atoms with Gasteiger partial charge >= 0.3 is 0 Å². The SMILES string of the molecule is Cc1cc2c(c3c1C(=O)c1ccccc1C3=O)-c1c(cc(O)c3ccccc13)C2(C)C. The van der Waals surface area contributed by atoms with Gasteiger partial charge < -0.3 is 5.11 Å². The molecule has 1 N–H and O–H groups in total. The van der Waals surface area contributed by atoms with Crippen LogP contribution >= 0.6 is 0 Å². The topological polar surface area (TPSA) is 54.4 Å². The molecule has 0 amide bonds. The van der Waals surface area contributed by atoms with Gasteiger partial charge in [0.1, 0.15) is 5.75 Å². The molecule has 0 fully saturated rings. The molecule has 6 rings (SSSR count). The largest absolute Gasteiger partial charge is 0.507 e. The van der Waals surface area contributed by atoms with Crippen LogP contribution in [0.4, 0.5) is 0 Å². The molecule has 0 spiro atoms. The number of benzene rings is 4. The van der Waals surface area contributed by atoms with Gasteiger partial charge in [0.25, 0.3) is 0 Å². The number of fused-ring (bicyclic) bond motifs is 8. The fourth-order valence-corrected chi connectivity index (χ4v) is 5.50. The average Bonchev–Trinajstić information content (AvgIpc) is 2.98. The summed E-state index contributed by atoms with van der Waals surface area (Å²) in [6.07, 6.45) is 0. The molecule has 4 aromatic carbocycles. The molecule has 4 aromatic rings. The number of hydrogen-bond donors (Lipinski definition) is 1. The highest BCUT2D eigenvalue weighted by Crippen LogP contribution is 2.56. The van der Waals surface area contributed by atoms with Crippen molar-refractivity contribution in [2.75, 3.05) is 0 Å². The molecule has 31 heavy (non-hydrogen) atoms. The molecular formula is C28H20O3. The number of rotatable bonds is 0. The quantitative estimate of drug-likeness (QED) is 0.348. The zero-order valence-electron chi connectivity index (χ0n) is 17.5. The van der Waals surface area contributed by atoms with Crippen molar-refractivity contribution in [2.45, 2.75) is 26.2 Å². The molecule has 0 heterocycles. The van der Waals surface area contributed by atoms with Gasteiger partial charge in [-0.25, -0.2) is 0 Å². The van der Waals surface area contributed by atoms with Crippen molar-refractivity contribution >= 4 is 22.3 Å². The number of phenolic OH excluding ortho intramolecular Hbond substituents is 1. The molecule has 0 radical (unpaired) electrons. The molecule has 0 saturated heterocycles. The van der Waals surface area contributed by atoms with Crippen molar-refractivity contribution < 1.29 is 14.7 Å². The van der Waals surface area contributed by atoms with Crippen LogP contribution in [0.25, 0.3) is 21.9 Å². The van der Waals surface area contributed by atoms with E-state index in [0.29, 0.717) is 22.3 Å². The minimum atomic E-state index is -0.410. The molecule has 0 saturated carbocycles. The summed E-state index contributed by atoms with van der Waals surface area (Å²) in [5.74, 6) is 0.0272. The Kier molecular flexibility index (Phi) is 3.32. The summed E-state index contributed by atoms with van der Waals surface area (Å²) in [6.45, 7) is 6.13. The molecule has 0 bridgehead atoms. The maximum absolute atomic E-state index is 13.8. The molecule has 0 unspecified atom stereocenters. The van der Waals surface area contributed by atoms with Gasteiger partial charge in [0.15, 0.2) is 11.6 Å². The van der Waals surface area contributed by atoms with Crippen molar-refractivity contribution in [1.82, 2.24) is 0 Å². The van der Waals surface area contributed by atoms with Crippen LogP contribution in [0.1, 0.15) is 62.4 Å². The molecule has 150 valence electrons. The Morgan fingerprint density at radius 2 is 1.23 bits per heavy atom. The van der Waals surface area contributed by atoms with Crippen LogP contribution in [0.2, 0.25) is 0 Å². The van der Waals surface area contributed by atoms with Crippen LogP contribution in [0.3, 0.4) is 0 Å². The number of ketones is 2. The second-order valence-electron chi connectivity index (χ2n) is 9.06. The normalized spacial score (nSPS) is 15.5. The smallest absolute Gasteiger partial charge is 0.195 e. The van der Waals surface area contributed by atoms with E-state index in [2.05, 4.69) is 19.9 Å². The van der Waals surface area contributed by atoms with Crippen molar-refractivity contribution in [2.24, 2.45) is 0 Å². The van der Waals surface area contributed by atoms with E-state index in [0.717, 1.165) is 38.6 Å². The van der Waals surface area contributed by atoms with E-state index in [4.69, 9.17) is 0 Å². The minimum absolute atomic E-state index is 0.0974. The molecule has 0 atom stereocenters. The summed E-state index contributed by atoms with van der Waals surface area (Å²) in [6, 6.07) is 18.7. The van der Waals surface area contributed by atoms with Gasteiger partial charge in [0, 0.05) is 33.1 Å². The minimum Gasteiger partial charge on any atom is -0.507 e. The Morgan fingerprint density at radius 1 is 0.677 bits per heavy atom. The number of aryl methyl sites for hydroxylation is 1. The van der Waals surface area contributed by atoms with Crippen molar-refractivity contribution in [3.63, 3.8) is 0 Å². The van der Waals surface area contributed by atoms with Crippen LogP contribution in [-0.4, -0.2) is 16.7 Å². The van der Waals surface area contributed by atoms with E-state index in [9.17, 15) is 14.7 Å². The molecule has 3 nitrogen and oxygen atoms in total.